The molecule has 0 bridgehead atoms. The van der Waals surface area contributed by atoms with Crippen LogP contribution in [0, 0.1) is 23.7 Å². The number of thioether (sulfide) groups is 2. The van der Waals surface area contributed by atoms with Crippen LogP contribution in [0.3, 0.4) is 0 Å². The summed E-state index contributed by atoms with van der Waals surface area (Å²) < 4.78 is 47.7. The van der Waals surface area contributed by atoms with Gasteiger partial charge in [-0.05, 0) is 91.0 Å². The highest BCUT2D eigenvalue weighted by Crippen LogP contribution is 2.25. The number of aromatic nitrogens is 1. The van der Waals surface area contributed by atoms with Gasteiger partial charge >= 0.3 is 28.3 Å². The molecule has 0 aliphatic rings. The van der Waals surface area contributed by atoms with E-state index in [1.54, 1.807) is 80.2 Å². The zero-order valence-electron chi connectivity index (χ0n) is 60.6. The van der Waals surface area contributed by atoms with Crippen LogP contribution in [0.1, 0.15) is 107 Å². The number of nitrogens with one attached hydrogen (secondary N) is 7. The number of carboxylic acids is 3. The third-order valence-electron chi connectivity index (χ3n) is 17.3. The maximum Gasteiger partial charge on any atom is 0.446 e. The fraction of sp³-hybridized carbons (Fsp3) is 0.514. The number of H-pyrrole nitrogens is 1. The van der Waals surface area contributed by atoms with E-state index in [9.17, 15) is 100 Å². The van der Waals surface area contributed by atoms with E-state index < -0.39 is 223 Å². The van der Waals surface area contributed by atoms with Crippen LogP contribution < -0.4 is 47.6 Å². The first-order chi connectivity index (χ1) is 51.7. The third-order valence-corrected chi connectivity index (χ3v) is 19.4. The van der Waals surface area contributed by atoms with Gasteiger partial charge < -0.3 is 77.3 Å². The van der Waals surface area contributed by atoms with Crippen LogP contribution in [-0.4, -0.2) is 220 Å². The van der Waals surface area contributed by atoms with E-state index in [4.69, 9.17) is 20.9 Å². The number of fused-ring (bicyclic) bond motifs is 1. The van der Waals surface area contributed by atoms with Gasteiger partial charge in [-0.1, -0.05) is 67.6 Å². The molecule has 0 spiro atoms. The number of benzene rings is 3. The standard InChI is InChI=1S/C72H97N9O24S4/c1-4-51(73)72(99)81-57(39-67(93)94)62(86)36-48(41-106)69(96)75-23-25-104-27-26-103-24-20-64(88)78-55(37-65(89)90)61(85)35-46(31-43-14-16-49(17-15-43)105-109(100,101)102)71(98)79-53(22-29-108-3)58(82)18-19-63(87)77-54(32-47-40-76-52-13-9-8-12-50(47)52)59(83)33-44(21-28-107-2)70(97)80-56(38-66(91)92)60(84)34-45(68(74)95)30-42-10-6-5-7-11-42/h5-17,40,44-46,48,51,53-57,76,106H,4,18-39,41,73H2,1-3H3,(H2,74,95)(H,75,96)(H,77,87)(H,78,88)(H,79,98)(H,80,97)(H,81,99)(H,89,90)(H,91,92)(H,93,94)(H,100,101,102)/t44-,45-,46-,48+,51+,53+,54+,55+,56+,57+/m1/s1. The smallest absolute Gasteiger partial charge is 0.446 e. The number of aromatic amines is 1. The Hall–Kier alpha value is -9.11. The van der Waals surface area contributed by atoms with Crippen LogP contribution in [0.15, 0.2) is 85.1 Å². The number of carboxylic acid groups (broad SMARTS) is 3. The SMILES string of the molecule is CC[C@H](N)C(=O)N[C@@H](CC(=O)O)C(=O)C[C@@H](CS)C(=O)NCCOCCOCCC(=O)N[C@@H](CC(=O)O)C(=O)C[C@@H](Cc1ccc(OS(=O)(=O)O)cc1)C(=O)N[C@@H](CCSC)C(=O)CCC(=O)N[C@@H](Cc1c[nH]c2ccccc12)C(=O)C[C@@H](CCSC)C(=O)N[C@@H](CC(=O)O)C(=O)C[C@@H](Cc1ccccc1)C(N)=O. The lowest BCUT2D eigenvalue weighted by molar-refractivity contribution is -0.141. The third kappa shape index (κ3) is 35.0. The molecule has 33 nitrogen and oxygen atoms in total. The number of nitrogens with two attached hydrogens (primary N) is 2. The Kier molecular flexibility index (Phi) is 41.0. The number of para-hydroxylation sites is 1. The molecule has 4 aromatic rings. The number of carbonyl (C=O) groups is 15. The van der Waals surface area contributed by atoms with Crippen molar-refractivity contribution in [2.45, 2.75) is 146 Å². The minimum Gasteiger partial charge on any atom is -0.481 e. The van der Waals surface area contributed by atoms with E-state index >= 15 is 0 Å². The topological polar surface area (TPSA) is 539 Å². The molecule has 0 unspecified atom stereocenters. The molecule has 0 aliphatic carbocycles. The fourth-order valence-corrected chi connectivity index (χ4v) is 13.0. The summed E-state index contributed by atoms with van der Waals surface area (Å²) in [5.74, 6) is -18.0. The average Bonchev–Trinajstić information content (AvgIpc) is 1.73. The summed E-state index contributed by atoms with van der Waals surface area (Å²) in [6.07, 6.45) is -1.17. The minimum absolute atomic E-state index is 0.0123. The second kappa shape index (κ2) is 48.4. The van der Waals surface area contributed by atoms with Crippen LogP contribution in [0.5, 0.6) is 5.75 Å². The molecule has 1 heterocycles. The minimum atomic E-state index is -4.97. The molecule has 109 heavy (non-hydrogen) atoms. The van der Waals surface area contributed by atoms with Gasteiger partial charge in [-0.15, -0.1) is 0 Å². The quantitative estimate of drug-likeness (QED) is 0.0171. The van der Waals surface area contributed by atoms with Crippen LogP contribution in [0.4, 0.5) is 0 Å². The van der Waals surface area contributed by atoms with Crippen molar-refractivity contribution in [3.63, 3.8) is 0 Å². The number of amides is 7. The monoisotopic (exact) mass is 1600 g/mol. The molecule has 3 aromatic carbocycles. The van der Waals surface area contributed by atoms with Gasteiger partial charge in [0.15, 0.2) is 28.9 Å². The largest absolute Gasteiger partial charge is 0.481 e. The van der Waals surface area contributed by atoms with Crippen molar-refractivity contribution >= 4 is 146 Å². The number of ketones is 5. The van der Waals surface area contributed by atoms with Gasteiger partial charge in [0.2, 0.25) is 41.4 Å². The molecule has 1 aromatic heterocycles. The zero-order valence-corrected chi connectivity index (χ0v) is 64.0. The second-order valence-electron chi connectivity index (χ2n) is 25.7. The molecule has 0 saturated carbocycles. The van der Waals surface area contributed by atoms with Gasteiger partial charge in [0.1, 0.15) is 5.75 Å². The lowest BCUT2D eigenvalue weighted by atomic mass is 9.89. The fourth-order valence-electron chi connectivity index (χ4n) is 11.3. The van der Waals surface area contributed by atoms with Crippen LogP contribution in [0.25, 0.3) is 10.9 Å². The highest BCUT2D eigenvalue weighted by atomic mass is 32.3. The number of rotatable bonds is 57. The first-order valence-electron chi connectivity index (χ1n) is 34.9. The summed E-state index contributed by atoms with van der Waals surface area (Å²) in [6, 6.07) is 12.2. The van der Waals surface area contributed by atoms with Crippen molar-refractivity contribution in [1.29, 1.82) is 0 Å². The number of hydrogen-bond acceptors (Lipinski definition) is 24. The predicted octanol–water partition coefficient (Wildman–Crippen LogP) is 2.07. The number of hydrogen-bond donors (Lipinski definition) is 14. The summed E-state index contributed by atoms with van der Waals surface area (Å²) >= 11 is 6.79. The first kappa shape index (κ1) is 92.3. The van der Waals surface area contributed by atoms with Gasteiger partial charge in [0, 0.05) is 98.5 Å². The lowest BCUT2D eigenvalue weighted by Crippen LogP contribution is -2.49. The lowest BCUT2D eigenvalue weighted by Gasteiger charge is -2.24. The summed E-state index contributed by atoms with van der Waals surface area (Å²) in [7, 11) is -4.97. The molecule has 0 radical (unpaired) electrons. The van der Waals surface area contributed by atoms with E-state index in [-0.39, 0.29) is 94.3 Å². The van der Waals surface area contributed by atoms with E-state index in [0.717, 1.165) is 12.1 Å². The molecule has 0 fully saturated rings. The Bertz CT molecular complexity index is 3890. The summed E-state index contributed by atoms with van der Waals surface area (Å²) in [6.45, 7) is 1.17. The van der Waals surface area contributed by atoms with Gasteiger partial charge in [-0.3, -0.25) is 76.5 Å². The molecule has 15 N–H and O–H groups in total. The Balaban J connectivity index is 1.46. The number of aliphatic carboxylic acids is 3. The van der Waals surface area contributed by atoms with Gasteiger partial charge in [0.05, 0.1) is 87.9 Å². The maximum absolute atomic E-state index is 14.7. The van der Waals surface area contributed by atoms with E-state index in [1.807, 2.05) is 0 Å². The predicted molar refractivity (Wildman–Crippen MR) is 404 cm³/mol. The molecule has 598 valence electrons. The number of thiol groups is 1. The molecular formula is C72H97N9O24S4. The van der Waals surface area contributed by atoms with E-state index in [2.05, 4.69) is 53.7 Å². The molecule has 0 saturated heterocycles. The number of Topliss-reactive ketones (excluding diaryl/α,β-unsaturated/α-hetero) is 5. The van der Waals surface area contributed by atoms with Gasteiger partial charge in [0.25, 0.3) is 0 Å². The Morgan fingerprint density at radius 1 is 0.514 bits per heavy atom. The molecule has 0 aliphatic heterocycles. The highest BCUT2D eigenvalue weighted by Gasteiger charge is 2.36. The maximum atomic E-state index is 14.7. The highest BCUT2D eigenvalue weighted by molar-refractivity contribution is 7.98. The molecule has 37 heteroatoms. The molecule has 7 amide bonds. The average molecular weight is 1600 g/mol. The normalized spacial score (nSPS) is 14.1. The van der Waals surface area contributed by atoms with Crippen LogP contribution >= 0.6 is 36.2 Å². The van der Waals surface area contributed by atoms with E-state index in [0.29, 0.717) is 27.8 Å². The van der Waals surface area contributed by atoms with Crippen molar-refractivity contribution in [3.05, 3.63) is 102 Å². The zero-order chi connectivity index (χ0) is 80.8. The number of carbonyl (C=O) groups excluding carboxylic acids is 12. The Morgan fingerprint density at radius 2 is 1.00 bits per heavy atom. The first-order valence-corrected chi connectivity index (χ1v) is 39.7. The summed E-state index contributed by atoms with van der Waals surface area (Å²) in [4.78, 5) is 203. The van der Waals surface area contributed by atoms with Crippen molar-refractivity contribution in [3.8, 4) is 5.75 Å². The molecule has 4 rings (SSSR count). The number of ether oxygens (including phenoxy) is 2. The van der Waals surface area contributed by atoms with Gasteiger partial charge in [-0.25, -0.2) is 0 Å². The van der Waals surface area contributed by atoms with Crippen molar-refractivity contribution in [2.75, 3.05) is 62.7 Å². The second-order valence-corrected chi connectivity index (χ2v) is 29.1. The summed E-state index contributed by atoms with van der Waals surface area (Å²) in [5, 5.41) is 45.0. The molecular weight excluding hydrogens is 1500 g/mol. The van der Waals surface area contributed by atoms with Crippen molar-refractivity contribution in [1.82, 2.24) is 36.9 Å². The van der Waals surface area contributed by atoms with Crippen molar-refractivity contribution in [2.24, 2.45) is 35.1 Å². The Morgan fingerprint density at radius 3 is 1.58 bits per heavy atom. The Labute approximate surface area is 644 Å². The van der Waals surface area contributed by atoms with Crippen molar-refractivity contribution < 1.29 is 114 Å². The van der Waals surface area contributed by atoms with E-state index in [1.165, 1.54) is 35.7 Å². The van der Waals surface area contributed by atoms with Crippen LogP contribution in [0.2, 0.25) is 0 Å². The van der Waals surface area contributed by atoms with Crippen LogP contribution in [-0.2, 0) is 111 Å². The van der Waals surface area contributed by atoms with Gasteiger partial charge in [-0.2, -0.15) is 44.6 Å². The number of primary amides is 1. The summed E-state index contributed by atoms with van der Waals surface area (Å²) in [5.41, 5.74) is 13.6. The molecule has 10 atom stereocenters.